The molecule has 0 amide bonds. The SMILES string of the molecule is N#Cc1cc(-n2c3ccc(-c4ccc(-c5ccccc5)nc4)cc3c3cc(-c4ccc(-c5ccccc5)nc4)ccc32)c(-c2c(F)cccc2F)c(-n2c3ccc(-c4ccc(-c5ccccc5)nc4)cc3c3cc(-c4ccc(-c5ccccc5)nc4)ccc32)c1. The summed E-state index contributed by atoms with van der Waals surface area (Å²) < 4.78 is 38.9. The summed E-state index contributed by atoms with van der Waals surface area (Å²) in [6.45, 7) is 0. The van der Waals surface area contributed by atoms with Crippen LogP contribution in [0.25, 0.3) is 156 Å². The van der Waals surface area contributed by atoms with Crippen LogP contribution < -0.4 is 0 Å². The second kappa shape index (κ2) is 22.2. The standard InChI is InChI=1S/C81H49F2N7/c82-68-22-13-23-69(83)80(68)81-78(89-74-36-28-56(60-24-32-70(85-47-60)52-14-5-1-6-15-52)42-64(74)65-43-57(29-37-75(65)89)61-25-33-71(86-48-61)53-16-7-2-8-17-53)40-51(46-84)41-79(81)90-76-38-30-58(62-26-34-72(87-49-62)54-18-9-3-10-19-54)44-66(76)67-45-59(31-39-77(67)90)63-27-35-73(88-50-63)55-20-11-4-12-21-55/h1-45,47-50H. The van der Waals surface area contributed by atoms with Gasteiger partial charge in [0.15, 0.2) is 0 Å². The average Bonchev–Trinajstić information content (AvgIpc) is 1.54. The first-order valence-electron chi connectivity index (χ1n) is 29.7. The van der Waals surface area contributed by atoms with Crippen molar-refractivity contribution in [3.8, 4) is 118 Å². The van der Waals surface area contributed by atoms with Gasteiger partial charge >= 0.3 is 0 Å². The summed E-state index contributed by atoms with van der Waals surface area (Å²) in [5.74, 6) is -1.51. The molecule has 0 N–H and O–H groups in total. The van der Waals surface area contributed by atoms with Crippen LogP contribution in [0.2, 0.25) is 0 Å². The lowest BCUT2D eigenvalue weighted by Gasteiger charge is -2.21. The van der Waals surface area contributed by atoms with Crippen LogP contribution in [0.4, 0.5) is 8.78 Å². The number of hydrogen-bond acceptors (Lipinski definition) is 5. The van der Waals surface area contributed by atoms with Gasteiger partial charge in [0.25, 0.3) is 0 Å². The Morgan fingerprint density at radius 3 is 0.800 bits per heavy atom. The van der Waals surface area contributed by atoms with Gasteiger partial charge in [-0.25, -0.2) is 8.78 Å². The molecule has 10 aromatic carbocycles. The van der Waals surface area contributed by atoms with E-state index in [9.17, 15) is 5.26 Å². The van der Waals surface area contributed by atoms with E-state index in [2.05, 4.69) is 112 Å². The van der Waals surface area contributed by atoms with Crippen LogP contribution in [0.1, 0.15) is 5.56 Å². The highest BCUT2D eigenvalue weighted by Gasteiger charge is 2.28. The summed E-state index contributed by atoms with van der Waals surface area (Å²) in [6, 6.07) is 91.8. The normalized spacial score (nSPS) is 11.4. The van der Waals surface area contributed by atoms with Crippen molar-refractivity contribution in [2.75, 3.05) is 0 Å². The third-order valence-electron chi connectivity index (χ3n) is 17.1. The van der Waals surface area contributed by atoms with Crippen molar-refractivity contribution in [1.29, 1.82) is 5.26 Å². The van der Waals surface area contributed by atoms with Crippen molar-refractivity contribution < 1.29 is 8.78 Å². The van der Waals surface area contributed by atoms with Gasteiger partial charge in [0.05, 0.1) is 73.4 Å². The van der Waals surface area contributed by atoms with E-state index in [1.165, 1.54) is 18.2 Å². The molecule has 0 aliphatic carbocycles. The van der Waals surface area contributed by atoms with Crippen molar-refractivity contribution in [1.82, 2.24) is 29.1 Å². The topological polar surface area (TPSA) is 85.2 Å². The Hall–Kier alpha value is -12.3. The Morgan fingerprint density at radius 2 is 0.544 bits per heavy atom. The van der Waals surface area contributed by atoms with Crippen LogP contribution in [0, 0.1) is 23.0 Å². The molecule has 0 atom stereocenters. The first-order valence-corrected chi connectivity index (χ1v) is 29.7. The van der Waals surface area contributed by atoms with Crippen LogP contribution in [0.15, 0.2) is 298 Å². The second-order valence-corrected chi connectivity index (χ2v) is 22.4. The molecule has 6 heterocycles. The predicted molar refractivity (Wildman–Crippen MR) is 360 cm³/mol. The first-order chi connectivity index (χ1) is 44.4. The molecule has 0 saturated carbocycles. The third kappa shape index (κ3) is 9.44. The van der Waals surface area contributed by atoms with E-state index < -0.39 is 11.6 Å². The maximum absolute atomic E-state index is 17.4. The number of aromatic nitrogens is 6. The predicted octanol–water partition coefficient (Wildman–Crippen LogP) is 20.6. The molecule has 16 rings (SSSR count). The Kier molecular flexibility index (Phi) is 13.2. The molecular weight excluding hydrogens is 1110 g/mol. The number of benzene rings is 10. The van der Waals surface area contributed by atoms with Crippen LogP contribution in [-0.2, 0) is 0 Å². The van der Waals surface area contributed by atoms with Crippen molar-refractivity contribution in [2.24, 2.45) is 0 Å². The zero-order valence-electron chi connectivity index (χ0n) is 48.2. The first kappa shape index (κ1) is 53.2. The maximum atomic E-state index is 17.4. The van der Waals surface area contributed by atoms with Crippen molar-refractivity contribution >= 4 is 43.6 Å². The van der Waals surface area contributed by atoms with Gasteiger partial charge < -0.3 is 9.13 Å². The van der Waals surface area contributed by atoms with Gasteiger partial charge in [0, 0.05) is 96.4 Å². The Morgan fingerprint density at radius 1 is 0.267 bits per heavy atom. The highest BCUT2D eigenvalue weighted by atomic mass is 19.1. The molecule has 0 saturated heterocycles. The van der Waals surface area contributed by atoms with E-state index in [0.717, 1.165) is 133 Å². The lowest BCUT2D eigenvalue weighted by atomic mass is 9.97. The summed E-state index contributed by atoms with van der Waals surface area (Å²) in [5, 5.41) is 14.8. The zero-order valence-corrected chi connectivity index (χ0v) is 48.2. The summed E-state index contributed by atoms with van der Waals surface area (Å²) in [4.78, 5) is 19.6. The van der Waals surface area contributed by atoms with Gasteiger partial charge in [0.2, 0.25) is 0 Å². The zero-order chi connectivity index (χ0) is 60.2. The molecule has 0 bridgehead atoms. The molecule has 0 unspecified atom stereocenters. The van der Waals surface area contributed by atoms with Crippen LogP contribution in [-0.4, -0.2) is 29.1 Å². The molecule has 0 aliphatic rings. The molecule has 422 valence electrons. The molecule has 0 fully saturated rings. The number of hydrogen-bond donors (Lipinski definition) is 0. The summed E-state index contributed by atoms with van der Waals surface area (Å²) in [6.07, 6.45) is 7.57. The van der Waals surface area contributed by atoms with E-state index >= 15 is 8.78 Å². The Balaban J connectivity index is 0.934. The van der Waals surface area contributed by atoms with E-state index in [1.807, 2.05) is 170 Å². The van der Waals surface area contributed by atoms with Gasteiger partial charge in [-0.3, -0.25) is 19.9 Å². The Labute approximate surface area is 517 Å². The van der Waals surface area contributed by atoms with E-state index in [4.69, 9.17) is 19.9 Å². The average molecular weight is 1160 g/mol. The molecular formula is C81H49F2N7. The smallest absolute Gasteiger partial charge is 0.134 e. The molecule has 16 aromatic rings. The Bertz CT molecular complexity index is 4840. The number of nitriles is 1. The number of fused-ring (bicyclic) bond motifs is 6. The lowest BCUT2D eigenvalue weighted by molar-refractivity contribution is 0.589. The van der Waals surface area contributed by atoms with Gasteiger partial charge in [-0.15, -0.1) is 0 Å². The second-order valence-electron chi connectivity index (χ2n) is 22.4. The quantitative estimate of drug-likeness (QED) is 0.129. The fourth-order valence-corrected chi connectivity index (χ4v) is 12.7. The summed E-state index contributed by atoms with van der Waals surface area (Å²) in [5.41, 5.74) is 19.0. The molecule has 6 aromatic heterocycles. The monoisotopic (exact) mass is 1160 g/mol. The largest absolute Gasteiger partial charge is 0.308 e. The maximum Gasteiger partial charge on any atom is 0.134 e. The fraction of sp³-hybridized carbons (Fsp3) is 0. The van der Waals surface area contributed by atoms with E-state index in [1.54, 1.807) is 12.1 Å². The minimum atomic E-state index is -0.756. The molecule has 0 radical (unpaired) electrons. The number of pyridine rings is 4. The van der Waals surface area contributed by atoms with Gasteiger partial charge in [0.1, 0.15) is 11.6 Å². The fourth-order valence-electron chi connectivity index (χ4n) is 12.7. The van der Waals surface area contributed by atoms with Gasteiger partial charge in [-0.2, -0.15) is 5.26 Å². The van der Waals surface area contributed by atoms with Crippen LogP contribution in [0.5, 0.6) is 0 Å². The molecule has 9 heteroatoms. The van der Waals surface area contributed by atoms with Crippen molar-refractivity contribution in [3.05, 3.63) is 315 Å². The van der Waals surface area contributed by atoms with Crippen LogP contribution >= 0.6 is 0 Å². The third-order valence-corrected chi connectivity index (χ3v) is 17.1. The molecule has 0 spiro atoms. The van der Waals surface area contributed by atoms with E-state index in [0.29, 0.717) is 11.4 Å². The van der Waals surface area contributed by atoms with Crippen molar-refractivity contribution in [3.63, 3.8) is 0 Å². The highest BCUT2D eigenvalue weighted by Crippen LogP contribution is 2.47. The minimum absolute atomic E-state index is 0.234. The number of nitrogens with zero attached hydrogens (tertiary/aromatic N) is 7. The summed E-state index contributed by atoms with van der Waals surface area (Å²) in [7, 11) is 0. The molecule has 0 aliphatic heterocycles. The molecule has 7 nitrogen and oxygen atoms in total. The van der Waals surface area contributed by atoms with Gasteiger partial charge in [-0.1, -0.05) is 176 Å². The van der Waals surface area contributed by atoms with Crippen LogP contribution in [0.3, 0.4) is 0 Å². The van der Waals surface area contributed by atoms with Crippen molar-refractivity contribution in [2.45, 2.75) is 0 Å². The number of halogens is 2. The summed E-state index contributed by atoms with van der Waals surface area (Å²) >= 11 is 0. The highest BCUT2D eigenvalue weighted by molar-refractivity contribution is 6.14. The lowest BCUT2D eigenvalue weighted by Crippen LogP contribution is -2.07. The minimum Gasteiger partial charge on any atom is -0.308 e. The van der Waals surface area contributed by atoms with Gasteiger partial charge in [-0.05, 0) is 119 Å². The molecule has 90 heavy (non-hydrogen) atoms. The number of rotatable bonds is 11. The van der Waals surface area contributed by atoms with E-state index in [-0.39, 0.29) is 16.7 Å².